The quantitative estimate of drug-likeness (QED) is 0.916. The van der Waals surface area contributed by atoms with E-state index in [2.05, 4.69) is 4.98 Å². The Labute approximate surface area is 109 Å². The van der Waals surface area contributed by atoms with Gasteiger partial charge in [-0.05, 0) is 26.0 Å². The van der Waals surface area contributed by atoms with E-state index in [-0.39, 0.29) is 5.69 Å². The van der Waals surface area contributed by atoms with E-state index in [1.807, 2.05) is 0 Å². The molecule has 0 atom stereocenters. The lowest BCUT2D eigenvalue weighted by atomic mass is 10.4. The van der Waals surface area contributed by atoms with Crippen molar-refractivity contribution >= 4 is 15.7 Å². The van der Waals surface area contributed by atoms with Crippen LogP contribution >= 0.6 is 0 Å². The van der Waals surface area contributed by atoms with Crippen LogP contribution in [0.15, 0.2) is 23.4 Å². The van der Waals surface area contributed by atoms with Gasteiger partial charge in [0.15, 0.2) is 5.03 Å². The highest BCUT2D eigenvalue weighted by molar-refractivity contribution is 7.89. The molecule has 1 aromatic heterocycles. The molecule has 1 rings (SSSR count). The van der Waals surface area contributed by atoms with Crippen molar-refractivity contribution in [1.29, 1.82) is 0 Å². The summed E-state index contributed by atoms with van der Waals surface area (Å²) in [5.41, 5.74) is 5.27. The highest BCUT2D eigenvalue weighted by Gasteiger charge is 2.39. The molecule has 0 unspecified atom stereocenters. The van der Waals surface area contributed by atoms with Crippen molar-refractivity contribution < 1.29 is 21.6 Å². The third kappa shape index (κ3) is 3.80. The number of hydrogen-bond acceptors (Lipinski definition) is 4. The third-order valence-corrected chi connectivity index (χ3v) is 4.26. The number of hydrogen-bond donors (Lipinski definition) is 1. The summed E-state index contributed by atoms with van der Waals surface area (Å²) in [6.45, 7) is 1.12. The number of pyridine rings is 1. The topological polar surface area (TPSA) is 76.3 Å². The first-order valence-electron chi connectivity index (χ1n) is 5.35. The Morgan fingerprint density at radius 2 is 2.00 bits per heavy atom. The Kier molecular flexibility index (Phi) is 4.41. The van der Waals surface area contributed by atoms with E-state index in [1.165, 1.54) is 26.0 Å². The second-order valence-corrected chi connectivity index (χ2v) is 5.96. The lowest BCUT2D eigenvalue weighted by Crippen LogP contribution is -2.43. The standard InChI is InChI=1S/C10H14F3N3O2S/c1-7(2)16(6-10(11,12)13)19(17,18)9-8(14)4-3-5-15-9/h3-5,7H,6,14H2,1-2H3. The number of sulfonamides is 1. The summed E-state index contributed by atoms with van der Waals surface area (Å²) < 4.78 is 62.0. The van der Waals surface area contributed by atoms with Crippen LogP contribution in [0.3, 0.4) is 0 Å². The number of nitrogen functional groups attached to an aromatic ring is 1. The van der Waals surface area contributed by atoms with Crippen molar-refractivity contribution in [2.45, 2.75) is 31.1 Å². The van der Waals surface area contributed by atoms with Gasteiger partial charge in [0, 0.05) is 12.2 Å². The van der Waals surface area contributed by atoms with Gasteiger partial charge in [0.05, 0.1) is 5.69 Å². The highest BCUT2D eigenvalue weighted by Crippen LogP contribution is 2.26. The molecular weight excluding hydrogens is 283 g/mol. The third-order valence-electron chi connectivity index (χ3n) is 2.26. The zero-order chi connectivity index (χ0) is 14.8. The Hall–Kier alpha value is -1.35. The van der Waals surface area contributed by atoms with Crippen molar-refractivity contribution in [2.24, 2.45) is 0 Å². The summed E-state index contributed by atoms with van der Waals surface area (Å²) in [6.07, 6.45) is -3.48. The van der Waals surface area contributed by atoms with Crippen LogP contribution in [0.5, 0.6) is 0 Å². The van der Waals surface area contributed by atoms with Crippen molar-refractivity contribution in [2.75, 3.05) is 12.3 Å². The first-order valence-corrected chi connectivity index (χ1v) is 6.79. The molecule has 0 aliphatic carbocycles. The normalized spacial score (nSPS) is 13.2. The fourth-order valence-electron chi connectivity index (χ4n) is 1.45. The Bertz CT molecular complexity index is 543. The van der Waals surface area contributed by atoms with Crippen molar-refractivity contribution in [3.63, 3.8) is 0 Å². The molecule has 0 aromatic carbocycles. The Morgan fingerprint density at radius 3 is 2.42 bits per heavy atom. The maximum absolute atomic E-state index is 12.5. The van der Waals surface area contributed by atoms with Crippen molar-refractivity contribution in [3.05, 3.63) is 18.3 Å². The van der Waals surface area contributed by atoms with E-state index < -0.39 is 33.8 Å². The van der Waals surface area contributed by atoms with Crippen molar-refractivity contribution in [3.8, 4) is 0 Å². The van der Waals surface area contributed by atoms with Gasteiger partial charge in [0.25, 0.3) is 10.0 Å². The first kappa shape index (κ1) is 15.7. The van der Waals surface area contributed by atoms with Gasteiger partial charge >= 0.3 is 6.18 Å². The number of nitrogens with zero attached hydrogens (tertiary/aromatic N) is 2. The second-order valence-electron chi connectivity index (χ2n) is 4.16. The molecule has 0 saturated heterocycles. The molecule has 0 radical (unpaired) electrons. The summed E-state index contributed by atoms with van der Waals surface area (Å²) in [6, 6.07) is 1.80. The average Bonchev–Trinajstić information content (AvgIpc) is 2.24. The van der Waals surface area contributed by atoms with E-state index in [1.54, 1.807) is 0 Å². The maximum Gasteiger partial charge on any atom is 0.402 e. The first-order chi connectivity index (χ1) is 8.55. The van der Waals surface area contributed by atoms with Crippen LogP contribution in [0.2, 0.25) is 0 Å². The van der Waals surface area contributed by atoms with E-state index in [0.717, 1.165) is 6.20 Å². The van der Waals surface area contributed by atoms with Gasteiger partial charge in [-0.15, -0.1) is 0 Å². The van der Waals surface area contributed by atoms with Crippen LogP contribution in [0.1, 0.15) is 13.8 Å². The average molecular weight is 297 g/mol. The van der Waals surface area contributed by atoms with Gasteiger partial charge in [-0.3, -0.25) is 0 Å². The molecule has 0 aliphatic rings. The van der Waals surface area contributed by atoms with Gasteiger partial charge in [0.2, 0.25) is 0 Å². The molecule has 19 heavy (non-hydrogen) atoms. The predicted octanol–water partition coefficient (Wildman–Crippen LogP) is 1.63. The number of rotatable bonds is 4. The molecule has 0 bridgehead atoms. The van der Waals surface area contributed by atoms with Gasteiger partial charge in [-0.2, -0.15) is 17.5 Å². The van der Waals surface area contributed by atoms with Crippen LogP contribution < -0.4 is 5.73 Å². The molecule has 5 nitrogen and oxygen atoms in total. The highest BCUT2D eigenvalue weighted by atomic mass is 32.2. The monoisotopic (exact) mass is 297 g/mol. The molecule has 0 amide bonds. The van der Waals surface area contributed by atoms with E-state index >= 15 is 0 Å². The largest absolute Gasteiger partial charge is 0.402 e. The molecule has 0 fully saturated rings. The zero-order valence-corrected chi connectivity index (χ0v) is 11.2. The molecule has 108 valence electrons. The number of anilines is 1. The number of halogens is 3. The van der Waals surface area contributed by atoms with Crippen LogP contribution in [-0.4, -0.2) is 36.5 Å². The van der Waals surface area contributed by atoms with Crippen LogP contribution in [0, 0.1) is 0 Å². The van der Waals surface area contributed by atoms with E-state index in [0.29, 0.717) is 4.31 Å². The summed E-state index contributed by atoms with van der Waals surface area (Å²) in [7, 11) is -4.39. The molecule has 1 aromatic rings. The molecular formula is C10H14F3N3O2S. The van der Waals surface area contributed by atoms with Crippen LogP contribution in [-0.2, 0) is 10.0 Å². The molecule has 0 spiro atoms. The molecule has 9 heteroatoms. The number of alkyl halides is 3. The van der Waals surface area contributed by atoms with Gasteiger partial charge in [0.1, 0.15) is 6.54 Å². The molecule has 2 N–H and O–H groups in total. The minimum atomic E-state index is -4.64. The number of nitrogens with two attached hydrogens (primary N) is 1. The second kappa shape index (κ2) is 5.33. The maximum atomic E-state index is 12.5. The SMILES string of the molecule is CC(C)N(CC(F)(F)F)S(=O)(=O)c1ncccc1N. The zero-order valence-electron chi connectivity index (χ0n) is 10.3. The minimum Gasteiger partial charge on any atom is -0.396 e. The predicted molar refractivity (Wildman–Crippen MR) is 63.7 cm³/mol. The van der Waals surface area contributed by atoms with Crippen LogP contribution in [0.4, 0.5) is 18.9 Å². The van der Waals surface area contributed by atoms with E-state index in [9.17, 15) is 21.6 Å². The van der Waals surface area contributed by atoms with Crippen LogP contribution in [0.25, 0.3) is 0 Å². The van der Waals surface area contributed by atoms with Gasteiger partial charge < -0.3 is 5.73 Å². The fourth-order valence-corrected chi connectivity index (χ4v) is 3.11. The number of aromatic nitrogens is 1. The minimum absolute atomic E-state index is 0.185. The summed E-state index contributed by atoms with van der Waals surface area (Å²) in [5, 5.41) is -0.562. The lowest BCUT2D eigenvalue weighted by molar-refractivity contribution is -0.138. The smallest absolute Gasteiger partial charge is 0.396 e. The molecule has 0 saturated carbocycles. The van der Waals surface area contributed by atoms with E-state index in [4.69, 9.17) is 5.73 Å². The fraction of sp³-hybridized carbons (Fsp3) is 0.500. The summed E-state index contributed by atoms with van der Waals surface area (Å²) >= 11 is 0. The summed E-state index contributed by atoms with van der Waals surface area (Å²) in [5.74, 6) is 0. The molecule has 1 heterocycles. The molecule has 0 aliphatic heterocycles. The Morgan fingerprint density at radius 1 is 1.42 bits per heavy atom. The van der Waals surface area contributed by atoms with Crippen molar-refractivity contribution in [1.82, 2.24) is 9.29 Å². The lowest BCUT2D eigenvalue weighted by Gasteiger charge is -2.26. The summed E-state index contributed by atoms with van der Waals surface area (Å²) in [4.78, 5) is 3.56. The van der Waals surface area contributed by atoms with Gasteiger partial charge in [-0.1, -0.05) is 0 Å². The van der Waals surface area contributed by atoms with Gasteiger partial charge in [-0.25, -0.2) is 13.4 Å². The Balaban J connectivity index is 3.26.